The van der Waals surface area contributed by atoms with E-state index in [1.165, 1.54) is 12.8 Å². The van der Waals surface area contributed by atoms with E-state index in [0.717, 1.165) is 23.2 Å². The van der Waals surface area contributed by atoms with Crippen molar-refractivity contribution in [2.75, 3.05) is 0 Å². The van der Waals surface area contributed by atoms with E-state index in [1.807, 2.05) is 0 Å². The largest absolute Gasteiger partial charge is 0.0651 e. The lowest BCUT2D eigenvalue weighted by atomic mass is 9.63. The van der Waals surface area contributed by atoms with Gasteiger partial charge in [0.2, 0.25) is 0 Å². The molecule has 0 heterocycles. The number of hydrogen-bond acceptors (Lipinski definition) is 0. The smallest absolute Gasteiger partial charge is 0.0238 e. The van der Waals surface area contributed by atoms with Crippen molar-refractivity contribution in [3.05, 3.63) is 0 Å². The first kappa shape index (κ1) is 7.64. The molecule has 64 valence electrons. The first-order chi connectivity index (χ1) is 5.20. The highest BCUT2D eigenvalue weighted by molar-refractivity contribution is 5.11. The van der Waals surface area contributed by atoms with Crippen molar-refractivity contribution < 1.29 is 0 Å². The summed E-state index contributed by atoms with van der Waals surface area (Å²) < 4.78 is 0. The zero-order valence-electron chi connectivity index (χ0n) is 8.06. The van der Waals surface area contributed by atoms with Crippen LogP contribution < -0.4 is 0 Å². The summed E-state index contributed by atoms with van der Waals surface area (Å²) in [6, 6.07) is 0. The van der Waals surface area contributed by atoms with E-state index in [0.29, 0.717) is 0 Å². The van der Waals surface area contributed by atoms with Gasteiger partial charge in [-0.3, -0.25) is 0 Å². The van der Waals surface area contributed by atoms with Crippen LogP contribution in [0.5, 0.6) is 0 Å². The third kappa shape index (κ3) is 0.878. The average molecular weight is 152 g/mol. The molecule has 2 aliphatic rings. The zero-order valence-corrected chi connectivity index (χ0v) is 8.06. The second kappa shape index (κ2) is 2.24. The monoisotopic (exact) mass is 152 g/mol. The third-order valence-electron chi connectivity index (χ3n) is 4.50. The molecule has 0 aromatic carbocycles. The Bertz CT molecular complexity index is 157. The van der Waals surface area contributed by atoms with Gasteiger partial charge in [-0.1, -0.05) is 27.2 Å². The van der Waals surface area contributed by atoms with Crippen LogP contribution >= 0.6 is 0 Å². The van der Waals surface area contributed by atoms with Crippen molar-refractivity contribution in [1.82, 2.24) is 0 Å². The van der Waals surface area contributed by atoms with Crippen LogP contribution in [-0.4, -0.2) is 0 Å². The summed E-state index contributed by atoms with van der Waals surface area (Å²) in [4.78, 5) is 0. The molecule has 2 saturated carbocycles. The van der Waals surface area contributed by atoms with Crippen molar-refractivity contribution in [3.63, 3.8) is 0 Å². The zero-order chi connectivity index (χ0) is 8.06. The highest BCUT2D eigenvalue weighted by Crippen LogP contribution is 2.70. The average Bonchev–Trinajstić information content (AvgIpc) is 2.62. The molecule has 0 nitrogen and oxygen atoms in total. The molecule has 2 rings (SSSR count). The van der Waals surface area contributed by atoms with Gasteiger partial charge in [-0.15, -0.1) is 0 Å². The van der Waals surface area contributed by atoms with Gasteiger partial charge < -0.3 is 0 Å². The second-order valence-corrected chi connectivity index (χ2v) is 4.87. The van der Waals surface area contributed by atoms with Gasteiger partial charge in [0, 0.05) is 0 Å². The van der Waals surface area contributed by atoms with Gasteiger partial charge in [-0.05, 0) is 42.4 Å². The molecule has 0 heteroatoms. The lowest BCUT2D eigenvalue weighted by molar-refractivity contribution is 0.0733. The van der Waals surface area contributed by atoms with Gasteiger partial charge >= 0.3 is 0 Å². The predicted molar refractivity (Wildman–Crippen MR) is 48.4 cm³/mol. The Morgan fingerprint density at radius 1 is 1.55 bits per heavy atom. The summed E-state index contributed by atoms with van der Waals surface area (Å²) in [5.41, 5.74) is 0.870. The first-order valence-electron chi connectivity index (χ1n) is 5.20. The van der Waals surface area contributed by atoms with Crippen molar-refractivity contribution in [3.8, 4) is 0 Å². The minimum atomic E-state index is 0.870. The lowest BCUT2D eigenvalue weighted by Crippen LogP contribution is -2.34. The van der Waals surface area contributed by atoms with E-state index in [1.54, 1.807) is 12.8 Å². The van der Waals surface area contributed by atoms with Crippen molar-refractivity contribution in [1.29, 1.82) is 0 Å². The first-order valence-corrected chi connectivity index (χ1v) is 5.20. The van der Waals surface area contributed by atoms with Gasteiger partial charge in [-0.2, -0.15) is 0 Å². The van der Waals surface area contributed by atoms with E-state index in [-0.39, 0.29) is 0 Å². The van der Waals surface area contributed by atoms with Gasteiger partial charge in [0.05, 0.1) is 0 Å². The van der Waals surface area contributed by atoms with E-state index in [2.05, 4.69) is 20.8 Å². The molecule has 0 saturated heterocycles. The lowest BCUT2D eigenvalue weighted by Gasteiger charge is -2.42. The van der Waals surface area contributed by atoms with Crippen LogP contribution in [0.4, 0.5) is 0 Å². The molecule has 1 spiro atoms. The molecule has 0 amide bonds. The molecule has 0 N–H and O–H groups in total. The van der Waals surface area contributed by atoms with Crippen LogP contribution in [-0.2, 0) is 0 Å². The fourth-order valence-corrected chi connectivity index (χ4v) is 3.19. The van der Waals surface area contributed by atoms with Gasteiger partial charge in [0.25, 0.3) is 0 Å². The van der Waals surface area contributed by atoms with Gasteiger partial charge in [-0.25, -0.2) is 0 Å². The Hall–Kier alpha value is 0. The van der Waals surface area contributed by atoms with Gasteiger partial charge in [0.1, 0.15) is 0 Å². The molecule has 2 fully saturated rings. The summed E-state index contributed by atoms with van der Waals surface area (Å²) in [5.74, 6) is 3.16. The third-order valence-corrected chi connectivity index (χ3v) is 4.50. The molecule has 4 atom stereocenters. The quantitative estimate of drug-likeness (QED) is 0.568. The molecule has 2 aliphatic carbocycles. The van der Waals surface area contributed by atoms with Crippen molar-refractivity contribution in [2.45, 2.75) is 46.5 Å². The number of hydrogen-bond donors (Lipinski definition) is 0. The minimum Gasteiger partial charge on any atom is -0.0651 e. The Labute approximate surface area is 70.4 Å². The maximum atomic E-state index is 2.44. The maximum Gasteiger partial charge on any atom is -0.0238 e. The van der Waals surface area contributed by atoms with Crippen LogP contribution in [0.1, 0.15) is 46.5 Å². The second-order valence-electron chi connectivity index (χ2n) is 4.87. The molecule has 0 aliphatic heterocycles. The van der Waals surface area contributed by atoms with Crippen LogP contribution in [0.2, 0.25) is 0 Å². The molecule has 0 aromatic rings. The van der Waals surface area contributed by atoms with Crippen LogP contribution in [0.25, 0.3) is 0 Å². The Morgan fingerprint density at radius 3 is 2.45 bits per heavy atom. The topological polar surface area (TPSA) is 0 Å². The molecule has 0 aromatic heterocycles. The highest BCUT2D eigenvalue weighted by Gasteiger charge is 2.61. The molecule has 11 heavy (non-hydrogen) atoms. The van der Waals surface area contributed by atoms with Crippen LogP contribution in [0.3, 0.4) is 0 Å². The van der Waals surface area contributed by atoms with Crippen molar-refractivity contribution in [2.24, 2.45) is 23.2 Å². The highest BCUT2D eigenvalue weighted by atomic mass is 14.7. The van der Waals surface area contributed by atoms with E-state index in [4.69, 9.17) is 0 Å². The fraction of sp³-hybridized carbons (Fsp3) is 1.00. The summed E-state index contributed by atoms with van der Waals surface area (Å²) in [7, 11) is 0. The Morgan fingerprint density at radius 2 is 2.18 bits per heavy atom. The van der Waals surface area contributed by atoms with Crippen LogP contribution in [0.15, 0.2) is 0 Å². The molecule has 0 bridgehead atoms. The predicted octanol–water partition coefficient (Wildman–Crippen LogP) is 3.47. The number of rotatable bonds is 2. The molecule has 0 radical (unpaired) electrons. The SMILES string of the molecule is CCC(C)C1CCC12CC2C. The molecular formula is C11H20. The Balaban J connectivity index is 1.97. The summed E-state index contributed by atoms with van der Waals surface area (Å²) in [6.45, 7) is 7.22. The van der Waals surface area contributed by atoms with E-state index >= 15 is 0 Å². The molecular weight excluding hydrogens is 132 g/mol. The minimum absolute atomic E-state index is 0.870. The van der Waals surface area contributed by atoms with Crippen LogP contribution in [0, 0.1) is 23.2 Å². The van der Waals surface area contributed by atoms with Crippen molar-refractivity contribution >= 4 is 0 Å². The van der Waals surface area contributed by atoms with E-state index < -0.39 is 0 Å². The summed E-state index contributed by atoms with van der Waals surface area (Å²) in [5, 5.41) is 0. The fourth-order valence-electron chi connectivity index (χ4n) is 3.19. The molecule has 4 unspecified atom stereocenters. The summed E-state index contributed by atoms with van der Waals surface area (Å²) in [6.07, 6.45) is 6.00. The maximum absolute atomic E-state index is 2.44. The van der Waals surface area contributed by atoms with Gasteiger partial charge in [0.15, 0.2) is 0 Å². The summed E-state index contributed by atoms with van der Waals surface area (Å²) >= 11 is 0. The Kier molecular flexibility index (Phi) is 1.56. The normalized spacial score (nSPS) is 50.5. The van der Waals surface area contributed by atoms with E-state index in [9.17, 15) is 0 Å². The standard InChI is InChI=1S/C11H20/c1-4-8(2)10-5-6-11(10)7-9(11)3/h8-10H,4-7H2,1-3H3.